The quantitative estimate of drug-likeness (QED) is 0.814. The first kappa shape index (κ1) is 20.8. The first-order valence-electron chi connectivity index (χ1n) is 10.1. The molecule has 1 aliphatic rings. The first-order valence-corrected chi connectivity index (χ1v) is 10.1. The molecule has 0 aromatic heterocycles. The van der Waals surface area contributed by atoms with Gasteiger partial charge in [-0.15, -0.1) is 0 Å². The highest BCUT2D eigenvalue weighted by molar-refractivity contribution is 5.93. The third-order valence-electron chi connectivity index (χ3n) is 5.37. The molecule has 6 heteroatoms. The standard InChI is InChI=1S/C23H29N3O3/c1-23(2,3)22(29)26-12-6-9-19(26)21(28)25-18(20(24)27)14-15-10-11-16-7-4-5-8-17(16)13-15/h4-5,7-8,10-11,13,18-19H,6,9,12,14H2,1-3H3,(H2,24,27)(H,25,28)/t18?,19-/m0/s1. The number of carbonyl (C=O) groups excluding carboxylic acids is 3. The Morgan fingerprint density at radius 3 is 2.48 bits per heavy atom. The molecular formula is C23H29N3O3. The molecule has 154 valence electrons. The van der Waals surface area contributed by atoms with Crippen LogP contribution in [0.5, 0.6) is 0 Å². The highest BCUT2D eigenvalue weighted by Crippen LogP contribution is 2.25. The van der Waals surface area contributed by atoms with E-state index in [0.29, 0.717) is 19.4 Å². The summed E-state index contributed by atoms with van der Waals surface area (Å²) in [5, 5.41) is 4.96. The molecule has 29 heavy (non-hydrogen) atoms. The van der Waals surface area contributed by atoms with Crippen LogP contribution in [0.4, 0.5) is 0 Å². The summed E-state index contributed by atoms with van der Waals surface area (Å²) < 4.78 is 0. The van der Waals surface area contributed by atoms with Gasteiger partial charge in [-0.3, -0.25) is 14.4 Å². The summed E-state index contributed by atoms with van der Waals surface area (Å²) in [6.45, 7) is 6.08. The van der Waals surface area contributed by atoms with Crippen molar-refractivity contribution in [2.24, 2.45) is 11.1 Å². The van der Waals surface area contributed by atoms with Crippen LogP contribution < -0.4 is 11.1 Å². The SMILES string of the molecule is CC(C)(C)C(=O)N1CCC[C@H]1C(=O)NC(Cc1ccc2ccccc2c1)C(N)=O. The smallest absolute Gasteiger partial charge is 0.243 e. The topological polar surface area (TPSA) is 92.5 Å². The molecule has 0 aliphatic carbocycles. The molecule has 0 spiro atoms. The molecule has 2 aromatic rings. The van der Waals surface area contributed by atoms with E-state index >= 15 is 0 Å². The molecule has 0 radical (unpaired) electrons. The molecule has 6 nitrogen and oxygen atoms in total. The van der Waals surface area contributed by atoms with Crippen LogP contribution in [0.25, 0.3) is 10.8 Å². The first-order chi connectivity index (χ1) is 13.7. The number of amides is 3. The summed E-state index contributed by atoms with van der Waals surface area (Å²) in [5.41, 5.74) is 5.93. The van der Waals surface area contributed by atoms with Crippen molar-refractivity contribution in [3.8, 4) is 0 Å². The van der Waals surface area contributed by atoms with Crippen LogP contribution in [0.1, 0.15) is 39.2 Å². The van der Waals surface area contributed by atoms with Gasteiger partial charge in [-0.05, 0) is 29.2 Å². The van der Waals surface area contributed by atoms with E-state index in [1.807, 2.05) is 63.2 Å². The Morgan fingerprint density at radius 2 is 1.83 bits per heavy atom. The minimum Gasteiger partial charge on any atom is -0.368 e. The average Bonchev–Trinajstić information content (AvgIpc) is 3.15. The molecule has 1 fully saturated rings. The third-order valence-corrected chi connectivity index (χ3v) is 5.37. The van der Waals surface area contributed by atoms with E-state index in [2.05, 4.69) is 5.32 Å². The molecule has 2 aromatic carbocycles. The van der Waals surface area contributed by atoms with Gasteiger partial charge in [0, 0.05) is 18.4 Å². The van der Waals surface area contributed by atoms with E-state index < -0.39 is 23.4 Å². The van der Waals surface area contributed by atoms with E-state index in [0.717, 1.165) is 22.8 Å². The Balaban J connectivity index is 1.73. The van der Waals surface area contributed by atoms with Crippen molar-refractivity contribution in [3.05, 3.63) is 48.0 Å². The van der Waals surface area contributed by atoms with E-state index in [4.69, 9.17) is 5.73 Å². The van der Waals surface area contributed by atoms with Gasteiger partial charge in [0.15, 0.2) is 0 Å². The summed E-state index contributed by atoms with van der Waals surface area (Å²) in [6, 6.07) is 12.5. The van der Waals surface area contributed by atoms with Crippen LogP contribution in [-0.4, -0.2) is 41.2 Å². The van der Waals surface area contributed by atoms with Crippen molar-refractivity contribution in [3.63, 3.8) is 0 Å². The molecule has 0 saturated carbocycles. The monoisotopic (exact) mass is 395 g/mol. The largest absolute Gasteiger partial charge is 0.368 e. The normalized spacial score (nSPS) is 17.9. The summed E-state index contributed by atoms with van der Waals surface area (Å²) in [4.78, 5) is 39.2. The van der Waals surface area contributed by atoms with Gasteiger partial charge in [0.2, 0.25) is 17.7 Å². The zero-order chi connectivity index (χ0) is 21.2. The number of likely N-dealkylation sites (tertiary alicyclic amines) is 1. The van der Waals surface area contributed by atoms with Gasteiger partial charge in [0.1, 0.15) is 12.1 Å². The maximum atomic E-state index is 12.9. The van der Waals surface area contributed by atoms with Gasteiger partial charge in [0.05, 0.1) is 0 Å². The predicted molar refractivity (Wildman–Crippen MR) is 113 cm³/mol. The van der Waals surface area contributed by atoms with Crippen molar-refractivity contribution in [1.29, 1.82) is 0 Å². The number of benzene rings is 2. The maximum Gasteiger partial charge on any atom is 0.243 e. The van der Waals surface area contributed by atoms with Crippen LogP contribution >= 0.6 is 0 Å². The number of fused-ring (bicyclic) bond motifs is 1. The highest BCUT2D eigenvalue weighted by atomic mass is 16.2. The number of rotatable bonds is 5. The Kier molecular flexibility index (Phi) is 5.91. The second-order valence-corrected chi connectivity index (χ2v) is 8.76. The Hall–Kier alpha value is -2.89. The van der Waals surface area contributed by atoms with Gasteiger partial charge in [-0.25, -0.2) is 0 Å². The number of nitrogens with one attached hydrogen (secondary N) is 1. The minimum atomic E-state index is -0.823. The molecule has 1 aliphatic heterocycles. The Bertz CT molecular complexity index is 932. The molecule has 1 heterocycles. The summed E-state index contributed by atoms with van der Waals surface area (Å²) in [7, 11) is 0. The lowest BCUT2D eigenvalue weighted by Crippen LogP contribution is -2.54. The predicted octanol–water partition coefficient (Wildman–Crippen LogP) is 2.39. The minimum absolute atomic E-state index is 0.0553. The lowest BCUT2D eigenvalue weighted by atomic mass is 9.94. The molecule has 2 atom stereocenters. The van der Waals surface area contributed by atoms with Crippen molar-refractivity contribution >= 4 is 28.5 Å². The van der Waals surface area contributed by atoms with E-state index in [1.54, 1.807) is 4.90 Å². The van der Waals surface area contributed by atoms with Crippen LogP contribution in [0.15, 0.2) is 42.5 Å². The number of nitrogens with zero attached hydrogens (tertiary/aromatic N) is 1. The van der Waals surface area contributed by atoms with Crippen molar-refractivity contribution in [2.75, 3.05) is 6.54 Å². The van der Waals surface area contributed by atoms with E-state index in [9.17, 15) is 14.4 Å². The number of hydrogen-bond acceptors (Lipinski definition) is 3. The van der Waals surface area contributed by atoms with Crippen LogP contribution in [0.2, 0.25) is 0 Å². The van der Waals surface area contributed by atoms with E-state index in [-0.39, 0.29) is 11.8 Å². The Labute approximate surface area is 171 Å². The zero-order valence-electron chi connectivity index (χ0n) is 17.3. The molecule has 3 rings (SSSR count). The van der Waals surface area contributed by atoms with Crippen LogP contribution in [0.3, 0.4) is 0 Å². The third kappa shape index (κ3) is 4.75. The summed E-state index contributed by atoms with van der Waals surface area (Å²) in [5.74, 6) is -0.955. The van der Waals surface area contributed by atoms with Crippen LogP contribution in [-0.2, 0) is 20.8 Å². The summed E-state index contributed by atoms with van der Waals surface area (Å²) >= 11 is 0. The zero-order valence-corrected chi connectivity index (χ0v) is 17.3. The number of primary amides is 1. The van der Waals surface area contributed by atoms with Gasteiger partial charge in [0.25, 0.3) is 0 Å². The molecule has 1 unspecified atom stereocenters. The van der Waals surface area contributed by atoms with E-state index in [1.165, 1.54) is 0 Å². The van der Waals surface area contributed by atoms with Crippen LogP contribution in [0, 0.1) is 5.41 Å². The van der Waals surface area contributed by atoms with Gasteiger partial charge in [-0.2, -0.15) is 0 Å². The van der Waals surface area contributed by atoms with Gasteiger partial charge < -0.3 is 16.0 Å². The second kappa shape index (κ2) is 8.23. The fraction of sp³-hybridized carbons (Fsp3) is 0.435. The lowest BCUT2D eigenvalue weighted by molar-refractivity contribution is -0.145. The number of hydrogen-bond donors (Lipinski definition) is 2. The van der Waals surface area contributed by atoms with Gasteiger partial charge >= 0.3 is 0 Å². The number of nitrogens with two attached hydrogens (primary N) is 1. The average molecular weight is 396 g/mol. The molecular weight excluding hydrogens is 366 g/mol. The second-order valence-electron chi connectivity index (χ2n) is 8.76. The highest BCUT2D eigenvalue weighted by Gasteiger charge is 2.39. The fourth-order valence-electron chi connectivity index (χ4n) is 3.81. The molecule has 1 saturated heterocycles. The van der Waals surface area contributed by atoms with Crippen molar-refractivity contribution in [2.45, 2.75) is 52.1 Å². The summed E-state index contributed by atoms with van der Waals surface area (Å²) in [6.07, 6.45) is 1.67. The molecule has 3 amide bonds. The molecule has 3 N–H and O–H groups in total. The van der Waals surface area contributed by atoms with Crippen molar-refractivity contribution < 1.29 is 14.4 Å². The maximum absolute atomic E-state index is 12.9. The fourth-order valence-corrected chi connectivity index (χ4v) is 3.81. The van der Waals surface area contributed by atoms with Crippen molar-refractivity contribution in [1.82, 2.24) is 10.2 Å². The van der Waals surface area contributed by atoms with Gasteiger partial charge in [-0.1, -0.05) is 63.2 Å². The lowest BCUT2D eigenvalue weighted by Gasteiger charge is -2.31. The Morgan fingerprint density at radius 1 is 1.14 bits per heavy atom. The molecule has 0 bridgehead atoms. The number of carbonyl (C=O) groups is 3.